The molecule has 0 saturated heterocycles. The number of nitrogens with zero attached hydrogens (tertiary/aromatic N) is 1. The van der Waals surface area contributed by atoms with Gasteiger partial charge in [-0.3, -0.25) is 9.10 Å². The molecule has 0 atom stereocenters. The van der Waals surface area contributed by atoms with Gasteiger partial charge < -0.3 is 18.9 Å². The summed E-state index contributed by atoms with van der Waals surface area (Å²) in [5, 5.41) is 0. The molecule has 0 saturated carbocycles. The first-order valence-electron chi connectivity index (χ1n) is 8.19. The summed E-state index contributed by atoms with van der Waals surface area (Å²) < 4.78 is 61.5. The highest BCUT2D eigenvalue weighted by Crippen LogP contribution is 2.36. The van der Waals surface area contributed by atoms with Crippen LogP contribution in [0.3, 0.4) is 0 Å². The molecule has 10 heteroatoms. The van der Waals surface area contributed by atoms with E-state index >= 15 is 0 Å². The summed E-state index contributed by atoms with van der Waals surface area (Å²) in [6.45, 7) is 0.0810. The molecule has 150 valence electrons. The molecule has 1 heterocycles. The molecule has 2 aromatic carbocycles. The van der Waals surface area contributed by atoms with Gasteiger partial charge in [0.25, 0.3) is 10.0 Å². The number of methoxy groups -OCH3 is 2. The molecule has 0 N–H and O–H groups in total. The van der Waals surface area contributed by atoms with E-state index in [4.69, 9.17) is 14.2 Å². The van der Waals surface area contributed by atoms with Crippen LogP contribution >= 0.6 is 0 Å². The number of hydrogen-bond acceptors (Lipinski definition) is 7. The minimum absolute atomic E-state index is 0.0993. The van der Waals surface area contributed by atoms with Gasteiger partial charge in [-0.25, -0.2) is 12.8 Å². The number of carbonyl (C=O) groups excluding carboxylic acids is 1. The van der Waals surface area contributed by atoms with Crippen LogP contribution in [0.4, 0.5) is 10.1 Å². The van der Waals surface area contributed by atoms with Gasteiger partial charge >= 0.3 is 5.97 Å². The zero-order valence-electron chi connectivity index (χ0n) is 15.2. The molecule has 0 spiro atoms. The second kappa shape index (κ2) is 7.93. The molecular formula is C18H18FNO7S. The van der Waals surface area contributed by atoms with Crippen molar-refractivity contribution in [2.45, 2.75) is 4.90 Å². The quantitative estimate of drug-likeness (QED) is 0.671. The van der Waals surface area contributed by atoms with Crippen molar-refractivity contribution in [2.75, 3.05) is 38.3 Å². The van der Waals surface area contributed by atoms with E-state index in [1.54, 1.807) is 0 Å². The van der Waals surface area contributed by atoms with Gasteiger partial charge in [-0.2, -0.15) is 0 Å². The fourth-order valence-electron chi connectivity index (χ4n) is 2.62. The van der Waals surface area contributed by atoms with Crippen LogP contribution in [0.25, 0.3) is 0 Å². The summed E-state index contributed by atoms with van der Waals surface area (Å²) in [5.74, 6) is -0.926. The van der Waals surface area contributed by atoms with Crippen molar-refractivity contribution in [3.63, 3.8) is 0 Å². The lowest BCUT2D eigenvalue weighted by Crippen LogP contribution is -2.36. The second-order valence-corrected chi connectivity index (χ2v) is 7.57. The zero-order chi connectivity index (χ0) is 20.3. The first-order chi connectivity index (χ1) is 13.4. The van der Waals surface area contributed by atoms with Crippen LogP contribution in [0.2, 0.25) is 0 Å². The van der Waals surface area contributed by atoms with E-state index in [0.29, 0.717) is 24.7 Å². The van der Waals surface area contributed by atoms with Crippen molar-refractivity contribution >= 4 is 21.7 Å². The Morgan fingerprint density at radius 2 is 1.82 bits per heavy atom. The lowest BCUT2D eigenvalue weighted by molar-refractivity contribution is -0.138. The van der Waals surface area contributed by atoms with Gasteiger partial charge in [-0.05, 0) is 30.3 Å². The fourth-order valence-corrected chi connectivity index (χ4v) is 4.03. The van der Waals surface area contributed by atoms with Crippen molar-refractivity contribution in [2.24, 2.45) is 0 Å². The molecule has 0 radical (unpaired) electrons. The minimum atomic E-state index is -4.29. The number of ether oxygens (including phenoxy) is 4. The highest BCUT2D eigenvalue weighted by atomic mass is 32.2. The van der Waals surface area contributed by atoms with Crippen LogP contribution in [0.15, 0.2) is 41.3 Å². The Balaban J connectivity index is 2.06. The Morgan fingerprint density at radius 3 is 2.46 bits per heavy atom. The second-order valence-electron chi connectivity index (χ2n) is 5.71. The van der Waals surface area contributed by atoms with E-state index in [1.807, 2.05) is 0 Å². The van der Waals surface area contributed by atoms with Crippen molar-refractivity contribution in [1.82, 2.24) is 0 Å². The summed E-state index contributed by atoms with van der Waals surface area (Å²) in [5.41, 5.74) is 0.144. The molecule has 1 aliphatic rings. The van der Waals surface area contributed by atoms with Gasteiger partial charge in [0, 0.05) is 6.07 Å². The predicted octanol–water partition coefficient (Wildman–Crippen LogP) is 1.97. The van der Waals surface area contributed by atoms with Crippen molar-refractivity contribution < 1.29 is 36.6 Å². The number of rotatable bonds is 6. The Morgan fingerprint density at radius 1 is 1.11 bits per heavy atom. The van der Waals surface area contributed by atoms with Gasteiger partial charge in [-0.15, -0.1) is 0 Å². The van der Waals surface area contributed by atoms with Gasteiger partial charge in [0.05, 0.1) is 24.8 Å². The number of fused-ring (bicyclic) bond motifs is 1. The van der Waals surface area contributed by atoms with E-state index in [1.165, 1.54) is 37.4 Å². The standard InChI is InChI=1S/C18H18FNO7S/c1-24-15-6-4-13(10-14(15)19)28(22,23)20(11-18(21)25-2)12-3-5-16-17(9-12)27-8-7-26-16/h3-6,9-10H,7-8,11H2,1-2H3. The van der Waals surface area contributed by atoms with E-state index in [-0.39, 0.29) is 16.3 Å². The van der Waals surface area contributed by atoms with Gasteiger partial charge in [-0.1, -0.05) is 0 Å². The fraction of sp³-hybridized carbons (Fsp3) is 0.278. The smallest absolute Gasteiger partial charge is 0.326 e. The van der Waals surface area contributed by atoms with Crippen LogP contribution in [0.1, 0.15) is 0 Å². The van der Waals surface area contributed by atoms with Crippen LogP contribution in [0, 0.1) is 5.82 Å². The van der Waals surface area contributed by atoms with E-state index in [9.17, 15) is 17.6 Å². The number of halogens is 1. The predicted molar refractivity (Wildman–Crippen MR) is 96.9 cm³/mol. The van der Waals surface area contributed by atoms with Crippen LogP contribution < -0.4 is 18.5 Å². The molecule has 0 amide bonds. The summed E-state index contributed by atoms with van der Waals surface area (Å²) in [4.78, 5) is 11.5. The Bertz CT molecular complexity index is 993. The van der Waals surface area contributed by atoms with Crippen molar-refractivity contribution in [1.29, 1.82) is 0 Å². The molecule has 0 bridgehead atoms. The molecule has 28 heavy (non-hydrogen) atoms. The van der Waals surface area contributed by atoms with Gasteiger partial charge in [0.2, 0.25) is 0 Å². The molecule has 1 aliphatic heterocycles. The average Bonchev–Trinajstić information content (AvgIpc) is 2.71. The highest BCUT2D eigenvalue weighted by Gasteiger charge is 2.29. The maximum absolute atomic E-state index is 14.1. The number of esters is 1. The third-order valence-corrected chi connectivity index (χ3v) is 5.80. The molecule has 3 rings (SSSR count). The Kier molecular flexibility index (Phi) is 5.59. The number of sulfonamides is 1. The van der Waals surface area contributed by atoms with Crippen LogP contribution in [-0.2, 0) is 19.6 Å². The molecule has 2 aromatic rings. The highest BCUT2D eigenvalue weighted by molar-refractivity contribution is 7.92. The largest absolute Gasteiger partial charge is 0.494 e. The van der Waals surface area contributed by atoms with E-state index in [2.05, 4.69) is 4.74 Å². The first-order valence-corrected chi connectivity index (χ1v) is 9.63. The number of anilines is 1. The maximum Gasteiger partial charge on any atom is 0.326 e. The van der Waals surface area contributed by atoms with Crippen molar-refractivity contribution in [3.05, 3.63) is 42.2 Å². The SMILES string of the molecule is COC(=O)CN(c1ccc2c(c1)OCCO2)S(=O)(=O)c1ccc(OC)c(F)c1. The van der Waals surface area contributed by atoms with Crippen LogP contribution in [0.5, 0.6) is 17.2 Å². The third kappa shape index (κ3) is 3.81. The molecular weight excluding hydrogens is 393 g/mol. The maximum atomic E-state index is 14.1. The first kappa shape index (κ1) is 19.7. The Labute approximate surface area is 161 Å². The lowest BCUT2D eigenvalue weighted by atomic mass is 10.2. The Hall–Kier alpha value is -3.01. The third-order valence-electron chi connectivity index (χ3n) is 4.03. The molecule has 0 fully saturated rings. The molecule has 8 nitrogen and oxygen atoms in total. The van der Waals surface area contributed by atoms with E-state index < -0.39 is 28.4 Å². The molecule has 0 unspecified atom stereocenters. The van der Waals surface area contributed by atoms with Gasteiger partial charge in [0.1, 0.15) is 19.8 Å². The summed E-state index contributed by atoms with van der Waals surface area (Å²) in [6.07, 6.45) is 0. The average molecular weight is 411 g/mol. The summed E-state index contributed by atoms with van der Waals surface area (Å²) >= 11 is 0. The zero-order valence-corrected chi connectivity index (χ0v) is 16.0. The van der Waals surface area contributed by atoms with Crippen molar-refractivity contribution in [3.8, 4) is 17.2 Å². The number of benzene rings is 2. The number of hydrogen-bond donors (Lipinski definition) is 0. The van der Waals surface area contributed by atoms with Crippen LogP contribution in [-0.4, -0.2) is 48.4 Å². The molecule has 0 aromatic heterocycles. The lowest BCUT2D eigenvalue weighted by Gasteiger charge is -2.25. The monoisotopic (exact) mass is 411 g/mol. The topological polar surface area (TPSA) is 91.4 Å². The van der Waals surface area contributed by atoms with E-state index in [0.717, 1.165) is 17.5 Å². The number of carbonyl (C=O) groups is 1. The minimum Gasteiger partial charge on any atom is -0.494 e. The normalized spacial score (nSPS) is 13.0. The summed E-state index contributed by atoms with van der Waals surface area (Å²) in [6, 6.07) is 7.67. The summed E-state index contributed by atoms with van der Waals surface area (Å²) in [7, 11) is -1.88. The van der Waals surface area contributed by atoms with Gasteiger partial charge in [0.15, 0.2) is 23.1 Å². The molecule has 0 aliphatic carbocycles.